The van der Waals surface area contributed by atoms with Crippen molar-refractivity contribution in [2.75, 3.05) is 26.7 Å². The minimum absolute atomic E-state index is 0.616. The van der Waals surface area contributed by atoms with E-state index in [9.17, 15) is 0 Å². The third-order valence-electron chi connectivity index (χ3n) is 4.38. The third-order valence-corrected chi connectivity index (χ3v) is 5.36. The van der Waals surface area contributed by atoms with Crippen molar-refractivity contribution in [1.29, 1.82) is 0 Å². The van der Waals surface area contributed by atoms with Crippen LogP contribution in [0.3, 0.4) is 0 Å². The van der Waals surface area contributed by atoms with E-state index in [0.717, 1.165) is 12.5 Å². The molecule has 2 atom stereocenters. The van der Waals surface area contributed by atoms with Gasteiger partial charge in [0.2, 0.25) is 0 Å². The van der Waals surface area contributed by atoms with E-state index in [1.807, 2.05) is 11.3 Å². The number of aryl methyl sites for hydroxylation is 2. The van der Waals surface area contributed by atoms with Crippen LogP contribution < -0.4 is 5.32 Å². The van der Waals surface area contributed by atoms with Gasteiger partial charge in [-0.15, -0.1) is 11.3 Å². The molecule has 1 aliphatic rings. The Labute approximate surface area is 122 Å². The fourth-order valence-electron chi connectivity index (χ4n) is 3.54. The third kappa shape index (κ3) is 3.39. The van der Waals surface area contributed by atoms with Crippen molar-refractivity contribution >= 4 is 11.3 Å². The zero-order valence-electron chi connectivity index (χ0n) is 12.8. The van der Waals surface area contributed by atoms with Gasteiger partial charge in [-0.3, -0.25) is 4.90 Å². The molecule has 1 N–H and O–H groups in total. The second-order valence-corrected chi connectivity index (χ2v) is 7.22. The zero-order valence-corrected chi connectivity index (χ0v) is 13.6. The second-order valence-electron chi connectivity index (χ2n) is 5.76. The normalized spacial score (nSPS) is 25.5. The molecule has 19 heavy (non-hydrogen) atoms. The molecule has 0 radical (unpaired) electrons. The minimum Gasteiger partial charge on any atom is -0.319 e. The van der Waals surface area contributed by atoms with Gasteiger partial charge in [-0.2, -0.15) is 0 Å². The Hall–Kier alpha value is -0.380. The number of thiophene rings is 1. The largest absolute Gasteiger partial charge is 0.319 e. The Morgan fingerprint density at radius 2 is 2.16 bits per heavy atom. The number of nitrogens with one attached hydrogen (secondary N) is 1. The van der Waals surface area contributed by atoms with Gasteiger partial charge >= 0.3 is 0 Å². The first-order valence-electron chi connectivity index (χ1n) is 7.63. The van der Waals surface area contributed by atoms with E-state index >= 15 is 0 Å². The second kappa shape index (κ2) is 6.87. The van der Waals surface area contributed by atoms with E-state index in [1.54, 1.807) is 5.56 Å². The van der Waals surface area contributed by atoms with E-state index < -0.39 is 0 Å². The lowest BCUT2D eigenvalue weighted by Gasteiger charge is -2.34. The maximum absolute atomic E-state index is 3.41. The van der Waals surface area contributed by atoms with E-state index in [2.05, 4.69) is 44.1 Å². The first kappa shape index (κ1) is 15.0. The molecular formula is C16H28N2S. The summed E-state index contributed by atoms with van der Waals surface area (Å²) in [5.41, 5.74) is 1.59. The van der Waals surface area contributed by atoms with Gasteiger partial charge in [0.15, 0.2) is 0 Å². The van der Waals surface area contributed by atoms with Gasteiger partial charge in [-0.05, 0) is 70.9 Å². The fraction of sp³-hybridized carbons (Fsp3) is 0.750. The van der Waals surface area contributed by atoms with Crippen molar-refractivity contribution in [3.8, 4) is 0 Å². The summed E-state index contributed by atoms with van der Waals surface area (Å²) < 4.78 is 0. The molecule has 0 bridgehead atoms. The van der Waals surface area contributed by atoms with Crippen LogP contribution in [0.15, 0.2) is 6.07 Å². The SMILES string of the molecule is CCN1CCCCC(CNC)C1c1cc(C)sc1C. The predicted molar refractivity (Wildman–Crippen MR) is 85.0 cm³/mol. The fourth-order valence-corrected chi connectivity index (χ4v) is 4.51. The average molecular weight is 280 g/mol. The molecule has 0 aromatic carbocycles. The highest BCUT2D eigenvalue weighted by atomic mass is 32.1. The molecular weight excluding hydrogens is 252 g/mol. The molecule has 1 saturated heterocycles. The van der Waals surface area contributed by atoms with Crippen LogP contribution >= 0.6 is 11.3 Å². The molecule has 2 unspecified atom stereocenters. The smallest absolute Gasteiger partial charge is 0.0399 e. The Balaban J connectivity index is 2.34. The number of likely N-dealkylation sites (tertiary alicyclic amines) is 1. The molecule has 2 heterocycles. The van der Waals surface area contributed by atoms with Crippen molar-refractivity contribution < 1.29 is 0 Å². The predicted octanol–water partition coefficient (Wildman–Crippen LogP) is 3.75. The van der Waals surface area contributed by atoms with E-state index in [4.69, 9.17) is 0 Å². The van der Waals surface area contributed by atoms with Gasteiger partial charge < -0.3 is 5.32 Å². The average Bonchev–Trinajstić information content (AvgIpc) is 2.61. The van der Waals surface area contributed by atoms with Crippen molar-refractivity contribution in [1.82, 2.24) is 10.2 Å². The lowest BCUT2D eigenvalue weighted by Crippen LogP contribution is -2.36. The van der Waals surface area contributed by atoms with Crippen LogP contribution in [-0.2, 0) is 0 Å². The summed E-state index contributed by atoms with van der Waals surface area (Å²) in [4.78, 5) is 5.67. The van der Waals surface area contributed by atoms with Crippen LogP contribution in [0.5, 0.6) is 0 Å². The molecule has 0 saturated carbocycles. The van der Waals surface area contributed by atoms with Crippen molar-refractivity contribution in [3.63, 3.8) is 0 Å². The topological polar surface area (TPSA) is 15.3 Å². The molecule has 3 heteroatoms. The molecule has 1 aliphatic heterocycles. The maximum atomic E-state index is 3.41. The highest BCUT2D eigenvalue weighted by molar-refractivity contribution is 7.12. The molecule has 0 amide bonds. The number of nitrogens with zero attached hydrogens (tertiary/aromatic N) is 1. The number of hydrogen-bond acceptors (Lipinski definition) is 3. The van der Waals surface area contributed by atoms with Gasteiger partial charge in [-0.1, -0.05) is 13.3 Å². The van der Waals surface area contributed by atoms with Gasteiger partial charge in [0.25, 0.3) is 0 Å². The highest BCUT2D eigenvalue weighted by Crippen LogP contribution is 2.38. The Bertz CT molecular complexity index is 399. The summed E-state index contributed by atoms with van der Waals surface area (Å²) >= 11 is 1.96. The summed E-state index contributed by atoms with van der Waals surface area (Å²) in [6.45, 7) is 10.4. The molecule has 1 fully saturated rings. The van der Waals surface area contributed by atoms with Crippen LogP contribution in [0.25, 0.3) is 0 Å². The van der Waals surface area contributed by atoms with Crippen molar-refractivity contribution in [2.24, 2.45) is 5.92 Å². The van der Waals surface area contributed by atoms with Gasteiger partial charge in [0, 0.05) is 15.8 Å². The van der Waals surface area contributed by atoms with Gasteiger partial charge in [0.05, 0.1) is 0 Å². The van der Waals surface area contributed by atoms with Crippen LogP contribution in [-0.4, -0.2) is 31.6 Å². The summed E-state index contributed by atoms with van der Waals surface area (Å²) in [5, 5.41) is 3.41. The maximum Gasteiger partial charge on any atom is 0.0399 e. The summed E-state index contributed by atoms with van der Waals surface area (Å²) in [7, 11) is 2.09. The van der Waals surface area contributed by atoms with E-state index in [1.165, 1.54) is 42.1 Å². The zero-order chi connectivity index (χ0) is 13.8. The van der Waals surface area contributed by atoms with Gasteiger partial charge in [0.1, 0.15) is 0 Å². The minimum atomic E-state index is 0.616. The standard InChI is InChI=1S/C16H28N2S/c1-5-18-9-7-6-8-14(11-17-4)16(18)15-10-12(2)19-13(15)3/h10,14,16-17H,5-9,11H2,1-4H3. The molecule has 0 aliphatic carbocycles. The van der Waals surface area contributed by atoms with Crippen molar-refractivity contribution in [2.45, 2.75) is 46.1 Å². The van der Waals surface area contributed by atoms with Crippen LogP contribution in [0.1, 0.15) is 47.5 Å². The van der Waals surface area contributed by atoms with E-state index in [0.29, 0.717) is 6.04 Å². The lowest BCUT2D eigenvalue weighted by atomic mass is 9.89. The molecule has 108 valence electrons. The van der Waals surface area contributed by atoms with Crippen LogP contribution in [0.4, 0.5) is 0 Å². The van der Waals surface area contributed by atoms with E-state index in [-0.39, 0.29) is 0 Å². The number of rotatable bonds is 4. The highest BCUT2D eigenvalue weighted by Gasteiger charge is 2.31. The van der Waals surface area contributed by atoms with Gasteiger partial charge in [-0.25, -0.2) is 0 Å². The molecule has 1 aromatic heterocycles. The molecule has 2 rings (SSSR count). The quantitative estimate of drug-likeness (QED) is 0.903. The first-order valence-corrected chi connectivity index (χ1v) is 8.44. The summed E-state index contributed by atoms with van der Waals surface area (Å²) in [6.07, 6.45) is 4.09. The number of hydrogen-bond donors (Lipinski definition) is 1. The molecule has 2 nitrogen and oxygen atoms in total. The monoisotopic (exact) mass is 280 g/mol. The Kier molecular flexibility index (Phi) is 5.43. The molecule has 0 spiro atoms. The molecule has 1 aromatic rings. The summed E-state index contributed by atoms with van der Waals surface area (Å²) in [6, 6.07) is 3.05. The Morgan fingerprint density at radius 1 is 1.37 bits per heavy atom. The Morgan fingerprint density at radius 3 is 2.74 bits per heavy atom. The van der Waals surface area contributed by atoms with Crippen LogP contribution in [0, 0.1) is 19.8 Å². The van der Waals surface area contributed by atoms with Crippen LogP contribution in [0.2, 0.25) is 0 Å². The first-order chi connectivity index (χ1) is 9.17. The lowest BCUT2D eigenvalue weighted by molar-refractivity contribution is 0.162. The van der Waals surface area contributed by atoms with Crippen molar-refractivity contribution in [3.05, 3.63) is 21.4 Å². The summed E-state index contributed by atoms with van der Waals surface area (Å²) in [5.74, 6) is 0.750.